The van der Waals surface area contributed by atoms with E-state index in [0.717, 1.165) is 0 Å². The van der Waals surface area contributed by atoms with Crippen LogP contribution in [0.1, 0.15) is 20.3 Å². The molecule has 0 saturated heterocycles. The Morgan fingerprint density at radius 3 is 2.27 bits per heavy atom. The van der Waals surface area contributed by atoms with Gasteiger partial charge in [-0.25, -0.2) is 0 Å². The van der Waals surface area contributed by atoms with Gasteiger partial charge in [0.25, 0.3) is 10.1 Å². The van der Waals surface area contributed by atoms with Crippen LogP contribution in [0.3, 0.4) is 0 Å². The van der Waals surface area contributed by atoms with E-state index in [1.54, 1.807) is 13.8 Å². The largest absolute Gasteiger partial charge is 0.338 e. The third kappa shape index (κ3) is 4.94. The second-order valence-corrected chi connectivity index (χ2v) is 5.00. The zero-order chi connectivity index (χ0) is 12.2. The summed E-state index contributed by atoms with van der Waals surface area (Å²) in [5.41, 5.74) is 0.339. The van der Waals surface area contributed by atoms with E-state index < -0.39 is 21.9 Å². The fraction of sp³-hybridized carbons (Fsp3) is 0.667. The van der Waals surface area contributed by atoms with Gasteiger partial charge in [0.05, 0.1) is 5.75 Å². The first-order chi connectivity index (χ1) is 6.69. The Balaban J connectivity index is 4.69. The fourth-order valence-electron chi connectivity index (χ4n) is 1.21. The summed E-state index contributed by atoms with van der Waals surface area (Å²) in [5.74, 6) is -0.760. The van der Waals surface area contributed by atoms with Gasteiger partial charge in [0.1, 0.15) is 0 Å². The maximum atomic E-state index is 11.5. The van der Waals surface area contributed by atoms with Crippen LogP contribution in [-0.2, 0) is 14.9 Å². The minimum atomic E-state index is -4.06. The lowest BCUT2D eigenvalue weighted by atomic mass is 10.2. The summed E-state index contributed by atoms with van der Waals surface area (Å²) in [6, 6.07) is -0.524. The molecule has 0 fully saturated rings. The van der Waals surface area contributed by atoms with Gasteiger partial charge in [0.2, 0.25) is 5.91 Å². The van der Waals surface area contributed by atoms with Crippen LogP contribution in [0.5, 0.6) is 0 Å². The van der Waals surface area contributed by atoms with Gasteiger partial charge in [-0.1, -0.05) is 13.5 Å². The topological polar surface area (TPSA) is 74.7 Å². The molecule has 0 aromatic rings. The molecule has 0 aliphatic rings. The molecule has 5 nitrogen and oxygen atoms in total. The monoisotopic (exact) mass is 235 g/mol. The summed E-state index contributed by atoms with van der Waals surface area (Å²) < 4.78 is 30.1. The molecule has 0 rings (SSSR count). The van der Waals surface area contributed by atoms with Crippen molar-refractivity contribution >= 4 is 16.0 Å². The van der Waals surface area contributed by atoms with Crippen LogP contribution in [0.2, 0.25) is 0 Å². The number of hydrogen-bond acceptors (Lipinski definition) is 3. The molecule has 0 radical (unpaired) electrons. The van der Waals surface area contributed by atoms with Gasteiger partial charge in [-0.2, -0.15) is 8.42 Å². The summed E-state index contributed by atoms with van der Waals surface area (Å²) in [5, 5.41) is 0. The maximum Gasteiger partial charge on any atom is 0.266 e. The minimum absolute atomic E-state index is 0.314. The first-order valence-corrected chi connectivity index (χ1v) is 6.17. The maximum absolute atomic E-state index is 11.5. The zero-order valence-corrected chi connectivity index (χ0v) is 10.0. The Morgan fingerprint density at radius 1 is 1.53 bits per heavy atom. The molecule has 0 saturated carbocycles. The average molecular weight is 235 g/mol. The molecule has 6 heteroatoms. The average Bonchev–Trinajstić information content (AvgIpc) is 2.10. The van der Waals surface area contributed by atoms with Crippen molar-refractivity contribution in [3.8, 4) is 0 Å². The molecule has 0 bridgehead atoms. The van der Waals surface area contributed by atoms with Crippen molar-refractivity contribution in [1.82, 2.24) is 4.90 Å². The number of nitrogens with zero attached hydrogens (tertiary/aromatic N) is 1. The molecule has 0 aliphatic heterocycles. The Labute approximate surface area is 90.5 Å². The van der Waals surface area contributed by atoms with Crippen molar-refractivity contribution in [2.45, 2.75) is 26.3 Å². The Morgan fingerprint density at radius 2 is 2.00 bits per heavy atom. The van der Waals surface area contributed by atoms with Crippen LogP contribution >= 0.6 is 0 Å². The number of rotatable bonds is 5. The molecule has 1 N–H and O–H groups in total. The van der Waals surface area contributed by atoms with Crippen molar-refractivity contribution in [2.75, 3.05) is 12.8 Å². The highest BCUT2D eigenvalue weighted by Gasteiger charge is 2.23. The van der Waals surface area contributed by atoms with Gasteiger partial charge in [-0.3, -0.25) is 9.35 Å². The summed E-state index contributed by atoms with van der Waals surface area (Å²) >= 11 is 0. The van der Waals surface area contributed by atoms with E-state index in [4.69, 9.17) is 4.55 Å². The van der Waals surface area contributed by atoms with Crippen LogP contribution in [0.15, 0.2) is 12.2 Å². The van der Waals surface area contributed by atoms with E-state index in [-0.39, 0.29) is 5.91 Å². The van der Waals surface area contributed by atoms with Crippen LogP contribution in [-0.4, -0.2) is 42.6 Å². The highest BCUT2D eigenvalue weighted by molar-refractivity contribution is 7.85. The number of carbonyl (C=O) groups excluding carboxylic acids is 1. The predicted molar refractivity (Wildman–Crippen MR) is 58.1 cm³/mol. The van der Waals surface area contributed by atoms with Gasteiger partial charge < -0.3 is 4.90 Å². The van der Waals surface area contributed by atoms with Gasteiger partial charge in [0, 0.05) is 18.7 Å². The summed E-state index contributed by atoms with van der Waals surface area (Å²) in [4.78, 5) is 12.8. The molecule has 0 aromatic heterocycles. The van der Waals surface area contributed by atoms with Gasteiger partial charge in [-0.15, -0.1) is 0 Å². The van der Waals surface area contributed by atoms with E-state index in [1.165, 1.54) is 11.9 Å². The molecular formula is C9H17NO4S. The van der Waals surface area contributed by atoms with Crippen molar-refractivity contribution in [2.24, 2.45) is 0 Å². The molecule has 88 valence electrons. The second-order valence-electron chi connectivity index (χ2n) is 3.51. The first kappa shape index (κ1) is 14.1. The summed E-state index contributed by atoms with van der Waals surface area (Å²) in [6.45, 7) is 6.79. The van der Waals surface area contributed by atoms with Crippen LogP contribution in [0, 0.1) is 0 Å². The van der Waals surface area contributed by atoms with E-state index >= 15 is 0 Å². The van der Waals surface area contributed by atoms with E-state index in [0.29, 0.717) is 12.0 Å². The van der Waals surface area contributed by atoms with Gasteiger partial charge in [-0.05, 0) is 13.3 Å². The zero-order valence-electron chi connectivity index (χ0n) is 9.23. The third-order valence-corrected chi connectivity index (χ3v) is 2.91. The molecule has 0 heterocycles. The van der Waals surface area contributed by atoms with Crippen molar-refractivity contribution in [1.29, 1.82) is 0 Å². The van der Waals surface area contributed by atoms with Crippen molar-refractivity contribution in [3.63, 3.8) is 0 Å². The molecular weight excluding hydrogens is 218 g/mol. The number of amides is 1. The lowest BCUT2D eigenvalue weighted by Gasteiger charge is -2.26. The van der Waals surface area contributed by atoms with Crippen LogP contribution < -0.4 is 0 Å². The van der Waals surface area contributed by atoms with Crippen molar-refractivity contribution in [3.05, 3.63) is 12.2 Å². The highest BCUT2D eigenvalue weighted by Crippen LogP contribution is 2.08. The van der Waals surface area contributed by atoms with E-state index in [9.17, 15) is 13.2 Å². The van der Waals surface area contributed by atoms with Gasteiger partial charge >= 0.3 is 0 Å². The Kier molecular flexibility index (Phi) is 4.96. The van der Waals surface area contributed by atoms with Crippen molar-refractivity contribution < 1.29 is 17.8 Å². The predicted octanol–water partition coefficient (Wildman–Crippen LogP) is 0.687. The normalized spacial score (nSPS) is 13.3. The molecule has 1 atom stereocenters. The molecule has 15 heavy (non-hydrogen) atoms. The Bertz CT molecular complexity index is 347. The second kappa shape index (κ2) is 5.27. The lowest BCUT2D eigenvalue weighted by Crippen LogP contribution is -2.41. The minimum Gasteiger partial charge on any atom is -0.338 e. The van der Waals surface area contributed by atoms with E-state index in [1.807, 2.05) is 0 Å². The lowest BCUT2D eigenvalue weighted by molar-refractivity contribution is -0.127. The van der Waals surface area contributed by atoms with Crippen LogP contribution in [0.25, 0.3) is 0 Å². The first-order valence-electron chi connectivity index (χ1n) is 4.56. The highest BCUT2D eigenvalue weighted by atomic mass is 32.2. The summed E-state index contributed by atoms with van der Waals surface area (Å²) in [7, 11) is -2.57. The quantitative estimate of drug-likeness (QED) is 0.562. The number of carbonyl (C=O) groups is 1. The van der Waals surface area contributed by atoms with Gasteiger partial charge in [0.15, 0.2) is 0 Å². The molecule has 1 amide bonds. The molecule has 0 aliphatic carbocycles. The molecule has 0 spiro atoms. The standard InChI is InChI=1S/C9H17NO4S/c1-5-8(6-15(12,13)14)10(4)9(11)7(2)3/h8H,2,5-6H2,1,3-4H3,(H,12,13,14). The van der Waals surface area contributed by atoms with E-state index in [2.05, 4.69) is 6.58 Å². The number of likely N-dealkylation sites (N-methyl/N-ethyl adjacent to an activating group) is 1. The smallest absolute Gasteiger partial charge is 0.266 e. The number of hydrogen-bond donors (Lipinski definition) is 1. The fourth-order valence-corrected chi connectivity index (χ4v) is 2.16. The molecule has 0 aromatic carbocycles. The third-order valence-electron chi connectivity index (χ3n) is 2.11. The summed E-state index contributed by atoms with van der Waals surface area (Å²) in [6.07, 6.45) is 0.454. The van der Waals surface area contributed by atoms with Crippen LogP contribution in [0.4, 0.5) is 0 Å². The SMILES string of the molecule is C=C(C)C(=O)N(C)C(CC)CS(=O)(=O)O. The Hall–Kier alpha value is -0.880. The molecule has 1 unspecified atom stereocenters.